The summed E-state index contributed by atoms with van der Waals surface area (Å²) in [6, 6.07) is 2.17. The van der Waals surface area contributed by atoms with Crippen LogP contribution in [-0.4, -0.2) is 29.2 Å². The van der Waals surface area contributed by atoms with Crippen molar-refractivity contribution in [1.29, 1.82) is 0 Å². The number of hydrogen-bond donors (Lipinski definition) is 1. The van der Waals surface area contributed by atoms with E-state index in [1.807, 2.05) is 0 Å². The van der Waals surface area contributed by atoms with Gasteiger partial charge in [0.1, 0.15) is 12.2 Å². The fourth-order valence-electron chi connectivity index (χ4n) is 1.97. The van der Waals surface area contributed by atoms with Crippen molar-refractivity contribution in [2.45, 2.75) is 38.8 Å². The number of fused-ring (bicyclic) bond motifs is 1. The van der Waals surface area contributed by atoms with Crippen molar-refractivity contribution >= 4 is 19.1 Å². The van der Waals surface area contributed by atoms with Crippen LogP contribution in [0.25, 0.3) is 11.0 Å². The lowest BCUT2D eigenvalue weighted by Gasteiger charge is -2.16. The largest absolute Gasteiger partial charge is 0.361 e. The van der Waals surface area contributed by atoms with Crippen LogP contribution >= 0.6 is 0 Å². The molecule has 0 saturated heterocycles. The maximum Gasteiger partial charge on any atom is 0.278 e. The molecule has 2 rings (SSSR count). The van der Waals surface area contributed by atoms with Gasteiger partial charge in [0.05, 0.1) is 17.5 Å². The Hall–Kier alpha value is -1.54. The van der Waals surface area contributed by atoms with Gasteiger partial charge in [-0.2, -0.15) is 0 Å². The van der Waals surface area contributed by atoms with Gasteiger partial charge in [0.2, 0.25) is 0 Å². The Bertz CT molecular complexity index is 676. The molecule has 0 aliphatic heterocycles. The molecule has 0 aliphatic rings. The predicted molar refractivity (Wildman–Crippen MR) is 79.4 cm³/mol. The standard InChI is InChI=1S/C13H19F2N3O2Si/c1-21(2,3)5-4-20-8-18-10(12(14)15)6-9-11(18)13(19)17-7-16-9/h6-7,12H,4-5,8H2,1-3H3,(H,16,17,19). The molecule has 0 aromatic carbocycles. The zero-order valence-electron chi connectivity index (χ0n) is 12.3. The van der Waals surface area contributed by atoms with Gasteiger partial charge in [0.15, 0.2) is 0 Å². The van der Waals surface area contributed by atoms with E-state index in [1.165, 1.54) is 17.0 Å². The van der Waals surface area contributed by atoms with Crippen molar-refractivity contribution < 1.29 is 13.5 Å². The number of halogens is 2. The summed E-state index contributed by atoms with van der Waals surface area (Å²) in [5, 5.41) is 0. The van der Waals surface area contributed by atoms with Gasteiger partial charge in [-0.25, -0.2) is 13.8 Å². The molecule has 0 bridgehead atoms. The Morgan fingerprint density at radius 2 is 2.14 bits per heavy atom. The lowest BCUT2D eigenvalue weighted by atomic mass is 10.4. The Kier molecular flexibility index (Phi) is 4.57. The van der Waals surface area contributed by atoms with Crippen LogP contribution in [-0.2, 0) is 11.5 Å². The first-order chi connectivity index (χ1) is 9.79. The molecule has 1 N–H and O–H groups in total. The summed E-state index contributed by atoms with van der Waals surface area (Å²) in [6.07, 6.45) is -1.48. The van der Waals surface area contributed by atoms with E-state index in [9.17, 15) is 13.6 Å². The van der Waals surface area contributed by atoms with E-state index in [2.05, 4.69) is 29.6 Å². The highest BCUT2D eigenvalue weighted by Gasteiger charge is 2.20. The zero-order chi connectivity index (χ0) is 15.6. The number of rotatable bonds is 6. The Morgan fingerprint density at radius 3 is 2.76 bits per heavy atom. The van der Waals surface area contributed by atoms with Gasteiger partial charge in [-0.1, -0.05) is 19.6 Å². The molecule has 8 heteroatoms. The summed E-state index contributed by atoms with van der Waals surface area (Å²) < 4.78 is 32.9. The van der Waals surface area contributed by atoms with E-state index in [4.69, 9.17) is 4.74 Å². The molecule has 0 saturated carbocycles. The third-order valence-corrected chi connectivity index (χ3v) is 4.87. The van der Waals surface area contributed by atoms with Gasteiger partial charge in [-0.05, 0) is 12.1 Å². The van der Waals surface area contributed by atoms with Gasteiger partial charge in [0.25, 0.3) is 12.0 Å². The van der Waals surface area contributed by atoms with Crippen LogP contribution in [0.1, 0.15) is 12.1 Å². The normalized spacial score (nSPS) is 12.5. The molecule has 0 aliphatic carbocycles. The van der Waals surface area contributed by atoms with Gasteiger partial charge < -0.3 is 14.3 Å². The van der Waals surface area contributed by atoms with Crippen molar-refractivity contribution in [3.8, 4) is 0 Å². The molecule has 0 amide bonds. The van der Waals surface area contributed by atoms with E-state index in [0.29, 0.717) is 6.61 Å². The summed E-state index contributed by atoms with van der Waals surface area (Å²) in [7, 11) is -1.24. The molecule has 2 aromatic rings. The first kappa shape index (κ1) is 15.8. The summed E-state index contributed by atoms with van der Waals surface area (Å²) in [4.78, 5) is 18.1. The van der Waals surface area contributed by atoms with E-state index >= 15 is 0 Å². The average molecular weight is 315 g/mol. The number of nitrogens with one attached hydrogen (secondary N) is 1. The highest BCUT2D eigenvalue weighted by molar-refractivity contribution is 6.76. The molecule has 116 valence electrons. The molecular formula is C13H19F2N3O2Si. The monoisotopic (exact) mass is 315 g/mol. The number of aromatic amines is 1. The van der Waals surface area contributed by atoms with Gasteiger partial charge in [-0.3, -0.25) is 4.79 Å². The van der Waals surface area contributed by atoms with Gasteiger partial charge in [0, 0.05) is 14.7 Å². The highest BCUT2D eigenvalue weighted by atomic mass is 28.3. The summed E-state index contributed by atoms with van der Waals surface area (Å²) in [5.41, 5.74) is -0.313. The fraction of sp³-hybridized carbons (Fsp3) is 0.538. The third-order valence-electron chi connectivity index (χ3n) is 3.16. The number of ether oxygens (including phenoxy) is 1. The molecule has 0 atom stereocenters. The van der Waals surface area contributed by atoms with Crippen molar-refractivity contribution in [2.24, 2.45) is 0 Å². The topological polar surface area (TPSA) is 59.9 Å². The minimum Gasteiger partial charge on any atom is -0.361 e. The molecule has 21 heavy (non-hydrogen) atoms. The highest BCUT2D eigenvalue weighted by Crippen LogP contribution is 2.24. The summed E-state index contributed by atoms with van der Waals surface area (Å²) in [6.45, 7) is 7.06. The molecule has 5 nitrogen and oxygen atoms in total. The van der Waals surface area contributed by atoms with Crippen LogP contribution in [0.3, 0.4) is 0 Å². The van der Waals surface area contributed by atoms with Crippen molar-refractivity contribution in [1.82, 2.24) is 14.5 Å². The van der Waals surface area contributed by atoms with Crippen molar-refractivity contribution in [3.05, 3.63) is 28.4 Å². The summed E-state index contributed by atoms with van der Waals surface area (Å²) >= 11 is 0. The van der Waals surface area contributed by atoms with Crippen LogP contribution in [0.4, 0.5) is 8.78 Å². The summed E-state index contributed by atoms with van der Waals surface area (Å²) in [5.74, 6) is 0. The van der Waals surface area contributed by atoms with Crippen LogP contribution in [0.5, 0.6) is 0 Å². The zero-order valence-corrected chi connectivity index (χ0v) is 13.3. The number of alkyl halides is 2. The molecule has 2 heterocycles. The van der Waals surface area contributed by atoms with E-state index in [-0.39, 0.29) is 23.5 Å². The van der Waals surface area contributed by atoms with E-state index in [0.717, 1.165) is 6.04 Å². The van der Waals surface area contributed by atoms with Crippen LogP contribution in [0, 0.1) is 0 Å². The quantitative estimate of drug-likeness (QED) is 0.658. The molecular weight excluding hydrogens is 296 g/mol. The van der Waals surface area contributed by atoms with Gasteiger partial charge in [-0.15, -0.1) is 0 Å². The molecule has 0 unspecified atom stereocenters. The molecule has 2 aromatic heterocycles. The molecule has 0 radical (unpaired) electrons. The fourth-order valence-corrected chi connectivity index (χ4v) is 2.73. The third kappa shape index (κ3) is 3.76. The van der Waals surface area contributed by atoms with Crippen LogP contribution < -0.4 is 5.56 Å². The van der Waals surface area contributed by atoms with Crippen molar-refractivity contribution in [2.75, 3.05) is 6.61 Å². The van der Waals surface area contributed by atoms with E-state index in [1.54, 1.807) is 0 Å². The molecule has 0 spiro atoms. The van der Waals surface area contributed by atoms with E-state index < -0.39 is 20.1 Å². The van der Waals surface area contributed by atoms with Gasteiger partial charge >= 0.3 is 0 Å². The lowest BCUT2D eigenvalue weighted by molar-refractivity contribution is 0.0739. The Morgan fingerprint density at radius 1 is 1.43 bits per heavy atom. The van der Waals surface area contributed by atoms with Crippen LogP contribution in [0.2, 0.25) is 25.7 Å². The first-order valence-corrected chi connectivity index (χ1v) is 10.4. The van der Waals surface area contributed by atoms with Crippen molar-refractivity contribution in [3.63, 3.8) is 0 Å². The SMILES string of the molecule is C[Si](C)(C)CCOCn1c(C(F)F)cc2nc[nH]c(=O)c21. The second-order valence-corrected chi connectivity index (χ2v) is 11.7. The number of aromatic nitrogens is 3. The van der Waals surface area contributed by atoms with Crippen LogP contribution in [0.15, 0.2) is 17.2 Å². The Balaban J connectivity index is 2.25. The minimum absolute atomic E-state index is 0.0670. The Labute approximate surface area is 122 Å². The first-order valence-electron chi connectivity index (χ1n) is 6.72. The minimum atomic E-state index is -2.68. The smallest absolute Gasteiger partial charge is 0.278 e. The average Bonchev–Trinajstić information content (AvgIpc) is 2.74. The molecule has 0 fully saturated rings. The maximum atomic E-state index is 13.1. The number of H-pyrrole nitrogens is 1. The predicted octanol–water partition coefficient (Wildman–Crippen LogP) is 2.97. The second kappa shape index (κ2) is 6.06. The lowest BCUT2D eigenvalue weighted by Crippen LogP contribution is -2.22. The number of nitrogens with zero attached hydrogens (tertiary/aromatic N) is 2. The maximum absolute atomic E-state index is 13.1. The number of hydrogen-bond acceptors (Lipinski definition) is 3. The second-order valence-electron chi connectivity index (χ2n) is 6.11.